The fraction of sp³-hybridized carbons (Fsp3) is 0.357. The van der Waals surface area contributed by atoms with Crippen LogP contribution in [0.1, 0.15) is 53.9 Å². The van der Waals surface area contributed by atoms with E-state index in [0.29, 0.717) is 32.1 Å². The topological polar surface area (TPSA) is 111 Å². The molecule has 0 unspecified atom stereocenters. The molecule has 5 rings (SSSR count). The zero-order chi connectivity index (χ0) is 26.6. The van der Waals surface area contributed by atoms with E-state index in [9.17, 15) is 14.0 Å². The Morgan fingerprint density at radius 2 is 1.95 bits per heavy atom. The van der Waals surface area contributed by atoms with Crippen LogP contribution >= 0.6 is 0 Å². The van der Waals surface area contributed by atoms with E-state index in [1.54, 1.807) is 0 Å². The van der Waals surface area contributed by atoms with Crippen molar-refractivity contribution in [3.63, 3.8) is 0 Å². The largest absolute Gasteiger partial charge is 0.368 e. The summed E-state index contributed by atoms with van der Waals surface area (Å²) in [5.41, 5.74) is 2.70. The van der Waals surface area contributed by atoms with Crippen LogP contribution in [0.25, 0.3) is 10.9 Å². The number of nitrogens with zero attached hydrogens (tertiary/aromatic N) is 5. The zero-order valence-corrected chi connectivity index (χ0v) is 21.3. The number of aromatic amines is 1. The summed E-state index contributed by atoms with van der Waals surface area (Å²) in [6.45, 7) is 5.40. The first-order chi connectivity index (χ1) is 18.5. The lowest BCUT2D eigenvalue weighted by Crippen LogP contribution is -2.50. The molecule has 1 amide bonds. The van der Waals surface area contributed by atoms with Gasteiger partial charge in [0.15, 0.2) is 11.6 Å². The maximum atomic E-state index is 14.8. The number of carbonyl (C=O) groups is 2. The van der Waals surface area contributed by atoms with E-state index >= 15 is 0 Å². The number of hydrogen-bond acceptors (Lipinski definition) is 7. The molecular formula is C28H32FN7O2. The van der Waals surface area contributed by atoms with Crippen LogP contribution in [-0.4, -0.2) is 59.5 Å². The number of rotatable bonds is 7. The molecule has 1 saturated carbocycles. The molecule has 38 heavy (non-hydrogen) atoms. The number of Topliss-reactive ketones (excluding diaryl/α,β-unsaturated/α-hetero) is 1. The molecule has 0 spiro atoms. The highest BCUT2D eigenvalue weighted by atomic mass is 19.1. The first kappa shape index (κ1) is 25.6. The van der Waals surface area contributed by atoms with Crippen LogP contribution < -0.4 is 15.8 Å². The molecule has 2 aromatic heterocycles. The average molecular weight is 518 g/mol. The van der Waals surface area contributed by atoms with E-state index in [0.717, 1.165) is 16.9 Å². The number of aliphatic imine (C=N–C) groups is 1. The summed E-state index contributed by atoms with van der Waals surface area (Å²) in [4.78, 5) is 40.6. The molecule has 1 aliphatic heterocycles. The summed E-state index contributed by atoms with van der Waals surface area (Å²) >= 11 is 0. The fourth-order valence-corrected chi connectivity index (χ4v) is 5.50. The number of amides is 1. The normalized spacial score (nSPS) is 16.8. The molecule has 10 heteroatoms. The maximum Gasteiger partial charge on any atom is 0.295 e. The van der Waals surface area contributed by atoms with Crippen molar-refractivity contribution in [2.75, 3.05) is 36.1 Å². The second-order valence-electron chi connectivity index (χ2n) is 9.81. The second kappa shape index (κ2) is 11.1. The standard InChI is InChI=1S/C28H32FN7O2/c1-31-10-11-36(30)27-25-24(23(29)18-33-27)22(17-32-25)26(37)28(38)35-14-12-34(13-15-35)21-9-5-8-20(16-21)19-6-3-2-4-7-19/h5,8-11,16-19,32H,1-4,6-7,12-15,30H2/b11-10-. The van der Waals surface area contributed by atoms with Crippen molar-refractivity contribution in [3.8, 4) is 0 Å². The number of anilines is 2. The number of H-pyrrole nitrogens is 1. The molecule has 2 fully saturated rings. The minimum atomic E-state index is -0.771. The summed E-state index contributed by atoms with van der Waals surface area (Å²) in [6, 6.07) is 8.72. The van der Waals surface area contributed by atoms with Gasteiger partial charge in [-0.25, -0.2) is 15.2 Å². The van der Waals surface area contributed by atoms with Crippen LogP contribution in [-0.2, 0) is 4.79 Å². The molecule has 0 bridgehead atoms. The first-order valence-corrected chi connectivity index (χ1v) is 13.0. The van der Waals surface area contributed by atoms with Gasteiger partial charge in [0.05, 0.1) is 22.7 Å². The van der Waals surface area contributed by atoms with E-state index in [-0.39, 0.29) is 22.3 Å². The number of benzene rings is 1. The van der Waals surface area contributed by atoms with Gasteiger partial charge < -0.3 is 14.8 Å². The summed E-state index contributed by atoms with van der Waals surface area (Å²) < 4.78 is 14.8. The molecule has 1 aliphatic carbocycles. The maximum absolute atomic E-state index is 14.8. The number of fused-ring (bicyclic) bond motifs is 1. The van der Waals surface area contributed by atoms with Gasteiger partial charge in [0.2, 0.25) is 0 Å². The van der Waals surface area contributed by atoms with Gasteiger partial charge >= 0.3 is 0 Å². The third-order valence-corrected chi connectivity index (χ3v) is 7.54. The SMILES string of the molecule is C=N/C=C\N(N)c1ncc(F)c2c(C(=O)C(=O)N3CCN(c4cccc(C5CCCCC5)c4)CC3)c[nH]c12. The van der Waals surface area contributed by atoms with Gasteiger partial charge in [0.25, 0.3) is 11.7 Å². The van der Waals surface area contributed by atoms with E-state index < -0.39 is 17.5 Å². The number of carbonyl (C=O) groups excluding carboxylic acids is 2. The van der Waals surface area contributed by atoms with Crippen LogP contribution in [0.3, 0.4) is 0 Å². The van der Waals surface area contributed by atoms with Gasteiger partial charge in [-0.1, -0.05) is 31.4 Å². The highest BCUT2D eigenvalue weighted by molar-refractivity contribution is 6.45. The molecule has 9 nitrogen and oxygen atoms in total. The Labute approximate surface area is 220 Å². The number of aromatic nitrogens is 2. The number of pyridine rings is 1. The molecular weight excluding hydrogens is 485 g/mol. The summed E-state index contributed by atoms with van der Waals surface area (Å²) in [5.74, 6) is 4.62. The Morgan fingerprint density at radius 3 is 2.68 bits per heavy atom. The molecule has 3 aromatic rings. The molecule has 0 radical (unpaired) electrons. The number of nitrogens with one attached hydrogen (secondary N) is 1. The number of ketones is 1. The Balaban J connectivity index is 1.28. The van der Waals surface area contributed by atoms with Gasteiger partial charge in [0.1, 0.15) is 0 Å². The highest BCUT2D eigenvalue weighted by Crippen LogP contribution is 2.34. The number of hydrogen-bond donors (Lipinski definition) is 2. The van der Waals surface area contributed by atoms with Crippen molar-refractivity contribution in [1.29, 1.82) is 0 Å². The Kier molecular flexibility index (Phi) is 7.50. The average Bonchev–Trinajstić information content (AvgIpc) is 3.42. The minimum Gasteiger partial charge on any atom is -0.368 e. The molecule has 0 atom stereocenters. The zero-order valence-electron chi connectivity index (χ0n) is 21.3. The van der Waals surface area contributed by atoms with Crippen molar-refractivity contribution in [2.24, 2.45) is 10.8 Å². The Bertz CT molecular complexity index is 1370. The summed E-state index contributed by atoms with van der Waals surface area (Å²) in [6.07, 6.45) is 11.4. The van der Waals surface area contributed by atoms with Gasteiger partial charge in [-0.15, -0.1) is 0 Å². The van der Waals surface area contributed by atoms with Gasteiger partial charge in [0, 0.05) is 50.5 Å². The van der Waals surface area contributed by atoms with Crippen LogP contribution in [0, 0.1) is 5.82 Å². The lowest BCUT2D eigenvalue weighted by Gasteiger charge is -2.36. The van der Waals surface area contributed by atoms with Crippen molar-refractivity contribution >= 4 is 40.8 Å². The second-order valence-corrected chi connectivity index (χ2v) is 9.81. The third-order valence-electron chi connectivity index (χ3n) is 7.54. The van der Waals surface area contributed by atoms with Crippen molar-refractivity contribution in [1.82, 2.24) is 14.9 Å². The number of nitrogens with two attached hydrogens (primary N) is 1. The quantitative estimate of drug-likeness (QED) is 0.160. The number of hydrazine groups is 1. The third kappa shape index (κ3) is 5.04. The molecule has 198 valence electrons. The van der Waals surface area contributed by atoms with Crippen LogP contribution in [0.15, 0.2) is 54.1 Å². The number of piperazine rings is 1. The molecule has 1 aromatic carbocycles. The molecule has 3 N–H and O–H groups in total. The van der Waals surface area contributed by atoms with E-state index in [2.05, 4.69) is 50.8 Å². The number of halogens is 1. The molecule has 1 saturated heterocycles. The summed E-state index contributed by atoms with van der Waals surface area (Å²) in [5, 5.41) is 1.10. The van der Waals surface area contributed by atoms with E-state index in [1.165, 1.54) is 61.2 Å². The highest BCUT2D eigenvalue weighted by Gasteiger charge is 2.30. The fourth-order valence-electron chi connectivity index (χ4n) is 5.50. The predicted octanol–water partition coefficient (Wildman–Crippen LogP) is 4.13. The predicted molar refractivity (Wildman–Crippen MR) is 147 cm³/mol. The van der Waals surface area contributed by atoms with Crippen LogP contribution in [0.5, 0.6) is 0 Å². The van der Waals surface area contributed by atoms with Crippen LogP contribution in [0.4, 0.5) is 15.9 Å². The lowest BCUT2D eigenvalue weighted by atomic mass is 9.84. The van der Waals surface area contributed by atoms with Crippen LogP contribution in [0.2, 0.25) is 0 Å². The van der Waals surface area contributed by atoms with Gasteiger partial charge in [-0.3, -0.25) is 19.6 Å². The van der Waals surface area contributed by atoms with Crippen molar-refractivity contribution in [3.05, 3.63) is 66.0 Å². The van der Waals surface area contributed by atoms with E-state index in [4.69, 9.17) is 5.84 Å². The molecule has 2 aliphatic rings. The summed E-state index contributed by atoms with van der Waals surface area (Å²) in [7, 11) is 0. The van der Waals surface area contributed by atoms with Gasteiger partial charge in [-0.2, -0.15) is 0 Å². The molecule has 3 heterocycles. The monoisotopic (exact) mass is 517 g/mol. The Morgan fingerprint density at radius 1 is 1.18 bits per heavy atom. The first-order valence-electron chi connectivity index (χ1n) is 13.0. The van der Waals surface area contributed by atoms with Gasteiger partial charge in [-0.05, 0) is 43.2 Å². The van der Waals surface area contributed by atoms with Crippen molar-refractivity contribution < 1.29 is 14.0 Å². The lowest BCUT2D eigenvalue weighted by molar-refractivity contribution is -0.126. The van der Waals surface area contributed by atoms with E-state index in [1.807, 2.05) is 0 Å². The Hall–Kier alpha value is -4.05. The minimum absolute atomic E-state index is 0.0260. The van der Waals surface area contributed by atoms with Crippen molar-refractivity contribution in [2.45, 2.75) is 38.0 Å². The smallest absolute Gasteiger partial charge is 0.295 e.